The first kappa shape index (κ1) is 16.9. The lowest BCUT2D eigenvalue weighted by Gasteiger charge is -2.21. The van der Waals surface area contributed by atoms with Gasteiger partial charge in [-0.2, -0.15) is 0 Å². The van der Waals surface area contributed by atoms with Crippen LogP contribution < -0.4 is 5.32 Å². The Bertz CT molecular complexity index is 256. The van der Waals surface area contributed by atoms with E-state index in [-0.39, 0.29) is 19.0 Å². The number of nitrogens with zero attached hydrogens (tertiary/aromatic N) is 1. The van der Waals surface area contributed by atoms with Gasteiger partial charge in [-0.1, -0.05) is 13.8 Å². The van der Waals surface area contributed by atoms with Crippen LogP contribution in [0.15, 0.2) is 0 Å². The minimum absolute atomic E-state index is 0.107. The topological polar surface area (TPSA) is 78.9 Å². The fourth-order valence-electron chi connectivity index (χ4n) is 1.60. The Balaban J connectivity index is 3.97. The van der Waals surface area contributed by atoms with Gasteiger partial charge in [0.25, 0.3) is 0 Å². The van der Waals surface area contributed by atoms with Crippen molar-refractivity contribution in [3.05, 3.63) is 0 Å². The van der Waals surface area contributed by atoms with E-state index in [1.807, 2.05) is 13.8 Å². The first-order valence-electron chi connectivity index (χ1n) is 6.15. The number of carbonyl (C=O) groups excluding carboxylic acids is 1. The molecule has 0 rings (SSSR count). The molecule has 0 radical (unpaired) electrons. The van der Waals surface area contributed by atoms with E-state index < -0.39 is 5.97 Å². The molecule has 0 atom stereocenters. The van der Waals surface area contributed by atoms with E-state index in [2.05, 4.69) is 5.32 Å². The van der Waals surface area contributed by atoms with Crippen molar-refractivity contribution in [1.29, 1.82) is 0 Å². The Morgan fingerprint density at radius 2 is 2.00 bits per heavy atom. The van der Waals surface area contributed by atoms with Crippen molar-refractivity contribution in [2.45, 2.75) is 20.3 Å². The lowest BCUT2D eigenvalue weighted by Crippen LogP contribution is -2.41. The first-order valence-corrected chi connectivity index (χ1v) is 6.15. The van der Waals surface area contributed by atoms with E-state index >= 15 is 0 Å². The van der Waals surface area contributed by atoms with Crippen LogP contribution >= 0.6 is 0 Å². The highest BCUT2D eigenvalue weighted by atomic mass is 16.5. The highest BCUT2D eigenvalue weighted by molar-refractivity contribution is 5.79. The predicted molar refractivity (Wildman–Crippen MR) is 68.4 cm³/mol. The number of carboxylic acids is 1. The number of hydrogen-bond donors (Lipinski definition) is 2. The molecule has 0 aliphatic rings. The summed E-state index contributed by atoms with van der Waals surface area (Å²) in [5, 5.41) is 11.5. The zero-order valence-corrected chi connectivity index (χ0v) is 11.4. The normalized spacial score (nSPS) is 10.9. The number of hydrogen-bond acceptors (Lipinski definition) is 4. The van der Waals surface area contributed by atoms with Gasteiger partial charge in [-0.05, 0) is 12.3 Å². The second-order valence-electron chi connectivity index (χ2n) is 4.65. The van der Waals surface area contributed by atoms with Crippen molar-refractivity contribution in [2.24, 2.45) is 5.92 Å². The third-order valence-electron chi connectivity index (χ3n) is 2.20. The van der Waals surface area contributed by atoms with Crippen LogP contribution in [0.3, 0.4) is 0 Å². The van der Waals surface area contributed by atoms with Gasteiger partial charge >= 0.3 is 5.97 Å². The van der Waals surface area contributed by atoms with Gasteiger partial charge in [0, 0.05) is 26.8 Å². The third kappa shape index (κ3) is 10.0. The molecule has 0 saturated heterocycles. The van der Waals surface area contributed by atoms with Crippen LogP contribution in [0.1, 0.15) is 20.3 Å². The zero-order valence-electron chi connectivity index (χ0n) is 11.4. The van der Waals surface area contributed by atoms with Crippen LogP contribution in [-0.4, -0.2) is 61.8 Å². The number of amides is 1. The molecule has 0 aromatic heterocycles. The van der Waals surface area contributed by atoms with Crippen molar-refractivity contribution in [3.8, 4) is 0 Å². The van der Waals surface area contributed by atoms with Gasteiger partial charge in [0.05, 0.1) is 13.1 Å². The Hall–Kier alpha value is -1.14. The molecule has 1 amide bonds. The summed E-state index contributed by atoms with van der Waals surface area (Å²) in [5.74, 6) is -0.735. The fourth-order valence-corrected chi connectivity index (χ4v) is 1.60. The van der Waals surface area contributed by atoms with Gasteiger partial charge in [-0.15, -0.1) is 0 Å². The van der Waals surface area contributed by atoms with Gasteiger partial charge in [-0.25, -0.2) is 0 Å². The monoisotopic (exact) mass is 260 g/mol. The molecule has 0 bridgehead atoms. The highest BCUT2D eigenvalue weighted by Gasteiger charge is 2.14. The van der Waals surface area contributed by atoms with E-state index in [9.17, 15) is 9.59 Å². The molecule has 0 aromatic carbocycles. The van der Waals surface area contributed by atoms with Crippen molar-refractivity contribution >= 4 is 11.9 Å². The Labute approximate surface area is 108 Å². The van der Waals surface area contributed by atoms with Crippen LogP contribution in [0.25, 0.3) is 0 Å². The first-order chi connectivity index (χ1) is 8.45. The summed E-state index contributed by atoms with van der Waals surface area (Å²) in [4.78, 5) is 23.9. The number of nitrogens with one attached hydrogen (secondary N) is 1. The number of ether oxygens (including phenoxy) is 1. The van der Waals surface area contributed by atoms with Gasteiger partial charge in [0.15, 0.2) is 0 Å². The number of carboxylic acid groups (broad SMARTS) is 1. The second-order valence-corrected chi connectivity index (χ2v) is 4.65. The van der Waals surface area contributed by atoms with Gasteiger partial charge in [0.1, 0.15) is 0 Å². The van der Waals surface area contributed by atoms with E-state index in [0.29, 0.717) is 25.6 Å². The molecule has 0 aliphatic carbocycles. The van der Waals surface area contributed by atoms with Crippen LogP contribution in [-0.2, 0) is 14.3 Å². The van der Waals surface area contributed by atoms with E-state index in [1.165, 1.54) is 0 Å². The summed E-state index contributed by atoms with van der Waals surface area (Å²) >= 11 is 0. The molecule has 106 valence electrons. The summed E-state index contributed by atoms with van der Waals surface area (Å²) in [7, 11) is 1.61. The van der Waals surface area contributed by atoms with Crippen molar-refractivity contribution < 1.29 is 19.4 Å². The third-order valence-corrected chi connectivity index (χ3v) is 2.20. The molecule has 0 spiro atoms. The molecule has 0 aliphatic heterocycles. The lowest BCUT2D eigenvalue weighted by atomic mass is 10.2. The second kappa shape index (κ2) is 9.85. The van der Waals surface area contributed by atoms with Crippen molar-refractivity contribution in [3.63, 3.8) is 0 Å². The SMILES string of the molecule is COCCCNC(=O)CN(CC(=O)O)CC(C)C. The fraction of sp³-hybridized carbons (Fsp3) is 0.833. The molecule has 0 aromatic rings. The van der Waals surface area contributed by atoms with Gasteiger partial charge in [-0.3, -0.25) is 14.5 Å². The molecular formula is C12H24N2O4. The molecule has 2 N–H and O–H groups in total. The Morgan fingerprint density at radius 3 is 2.50 bits per heavy atom. The summed E-state index contributed by atoms with van der Waals surface area (Å²) < 4.78 is 4.87. The maximum absolute atomic E-state index is 11.6. The largest absolute Gasteiger partial charge is 0.480 e. The summed E-state index contributed by atoms with van der Waals surface area (Å²) in [6, 6.07) is 0. The maximum Gasteiger partial charge on any atom is 0.317 e. The maximum atomic E-state index is 11.6. The average molecular weight is 260 g/mol. The molecule has 0 unspecified atom stereocenters. The quantitative estimate of drug-likeness (QED) is 0.548. The summed E-state index contributed by atoms with van der Waals surface area (Å²) in [5.41, 5.74) is 0. The van der Waals surface area contributed by atoms with Crippen molar-refractivity contribution in [1.82, 2.24) is 10.2 Å². The summed E-state index contributed by atoms with van der Waals surface area (Å²) in [6.07, 6.45) is 0.755. The predicted octanol–water partition coefficient (Wildman–Crippen LogP) is 0.182. The smallest absolute Gasteiger partial charge is 0.317 e. The summed E-state index contributed by atoms with van der Waals surface area (Å²) in [6.45, 7) is 5.75. The van der Waals surface area contributed by atoms with Gasteiger partial charge in [0.2, 0.25) is 5.91 Å². The average Bonchev–Trinajstić information content (AvgIpc) is 2.22. The lowest BCUT2D eigenvalue weighted by molar-refractivity contribution is -0.138. The molecule has 0 heterocycles. The molecule has 18 heavy (non-hydrogen) atoms. The number of rotatable bonds is 10. The van der Waals surface area contributed by atoms with Crippen LogP contribution in [0.5, 0.6) is 0 Å². The molecule has 6 nitrogen and oxygen atoms in total. The Kier molecular flexibility index (Phi) is 9.22. The van der Waals surface area contributed by atoms with Crippen LogP contribution in [0.2, 0.25) is 0 Å². The van der Waals surface area contributed by atoms with E-state index in [1.54, 1.807) is 12.0 Å². The minimum Gasteiger partial charge on any atom is -0.480 e. The van der Waals surface area contributed by atoms with E-state index in [4.69, 9.17) is 9.84 Å². The molecule has 6 heteroatoms. The standard InChI is InChI=1S/C12H24N2O4/c1-10(2)7-14(9-12(16)17)8-11(15)13-5-4-6-18-3/h10H,4-9H2,1-3H3,(H,13,15)(H,16,17). The van der Waals surface area contributed by atoms with Gasteiger partial charge < -0.3 is 15.2 Å². The minimum atomic E-state index is -0.914. The van der Waals surface area contributed by atoms with Crippen molar-refractivity contribution in [2.75, 3.05) is 39.9 Å². The van der Waals surface area contributed by atoms with Crippen LogP contribution in [0, 0.1) is 5.92 Å². The zero-order chi connectivity index (χ0) is 14.0. The van der Waals surface area contributed by atoms with E-state index in [0.717, 1.165) is 6.42 Å². The highest BCUT2D eigenvalue weighted by Crippen LogP contribution is 1.98. The molecule has 0 fully saturated rings. The molecular weight excluding hydrogens is 236 g/mol. The van der Waals surface area contributed by atoms with Crippen LogP contribution in [0.4, 0.5) is 0 Å². The Morgan fingerprint density at radius 1 is 1.33 bits per heavy atom. The number of aliphatic carboxylic acids is 1. The molecule has 0 saturated carbocycles. The number of carbonyl (C=O) groups is 2. The number of methoxy groups -OCH3 is 1.